The summed E-state index contributed by atoms with van der Waals surface area (Å²) in [4.78, 5) is 44.2. The molecule has 27 heteroatoms. The van der Waals surface area contributed by atoms with Crippen molar-refractivity contribution in [3.8, 4) is 22.4 Å². The minimum absolute atomic E-state index is 0.114. The minimum atomic E-state index is -1.23. The van der Waals surface area contributed by atoms with Gasteiger partial charge in [-0.05, 0) is 318 Å². The lowest BCUT2D eigenvalue weighted by molar-refractivity contribution is -0.138. The molecule has 19 rings (SSSR count). The number of carboxylic acid groups (broad SMARTS) is 1. The maximum atomic E-state index is 14.3. The van der Waals surface area contributed by atoms with Crippen molar-refractivity contribution in [2.45, 2.75) is 205 Å². The van der Waals surface area contributed by atoms with Crippen LogP contribution in [0.5, 0.6) is 0 Å². The molecule has 5 saturated heterocycles. The van der Waals surface area contributed by atoms with E-state index in [0.717, 1.165) is 216 Å². The Morgan fingerprint density at radius 2 is 0.837 bits per heavy atom. The molecule has 11 heterocycles. The van der Waals surface area contributed by atoms with Crippen LogP contribution in [0.3, 0.4) is 0 Å². The zero-order valence-corrected chi connectivity index (χ0v) is 79.7. The third-order valence-corrected chi connectivity index (χ3v) is 27.7. The van der Waals surface area contributed by atoms with Crippen LogP contribution in [0.1, 0.15) is 191 Å². The normalized spacial score (nSPS) is 15.4. The van der Waals surface area contributed by atoms with Crippen molar-refractivity contribution in [1.82, 2.24) is 62.7 Å². The van der Waals surface area contributed by atoms with E-state index in [-0.39, 0.29) is 16.7 Å². The summed E-state index contributed by atoms with van der Waals surface area (Å²) in [5, 5.41) is 20.9. The van der Waals surface area contributed by atoms with Crippen LogP contribution >= 0.6 is 46.4 Å². The molecule has 0 radical (unpaired) electrons. The van der Waals surface area contributed by atoms with E-state index in [1.165, 1.54) is 120 Å². The number of hydrogen-bond donors (Lipinski definition) is 2. The second kappa shape index (κ2) is 39.3. The van der Waals surface area contributed by atoms with Gasteiger partial charge in [0, 0.05) is 116 Å². The minimum Gasteiger partial charge on any atom is -0.480 e. The smallest absolute Gasteiger partial charge is 0.325 e. The van der Waals surface area contributed by atoms with Gasteiger partial charge in [-0.2, -0.15) is 10.2 Å². The first-order valence-electron chi connectivity index (χ1n) is 45.7. The molecule has 1 atom stereocenters. The van der Waals surface area contributed by atoms with Crippen LogP contribution in [0.4, 0.5) is 37.0 Å². The number of aromatic nitrogens is 12. The Balaban J connectivity index is 0.000000126. The Hall–Kier alpha value is -10.4. The van der Waals surface area contributed by atoms with Crippen LogP contribution in [0, 0.1) is 93.6 Å². The summed E-state index contributed by atoms with van der Waals surface area (Å²) >= 11 is 25.6. The number of nitrogens with zero attached hydrogens (tertiary/aromatic N) is 17. The molecule has 0 bridgehead atoms. The molecule has 0 amide bonds. The number of carboxylic acids is 1. The molecule has 20 nitrogen and oxygen atoms in total. The molecule has 5 aliphatic rings. The molecule has 1 unspecified atom stereocenters. The molecule has 5 aliphatic heterocycles. The number of anilines is 4. The molecule has 14 aromatic rings. The fourth-order valence-electron chi connectivity index (χ4n) is 19.8. The SMILES string of the molecule is Cc1cc(-c2c(C)c(C)cc3c2nc(N2CCCCC2)n3Cc2ccc(F)c(Cl)c2)n(C)n1.Cc1cc(-c2c(C)nn(C)c2C)c2nc(N3CCCCC3)n(Cc3ccc(C)c(Cl)c3)c2c1.Cc1cc(Cn2c(N3CCCCC3)nc3c(C(N)C(=O)O)cc(Cl)cc32)cc(C)c1F.Cc1cc(Cn2c(N3CCCCC3)nc3c(CN4CCCC4)cc(Cl)cc32)cc(C)c1F. The summed E-state index contributed by atoms with van der Waals surface area (Å²) in [5.41, 5.74) is 34.5. The van der Waals surface area contributed by atoms with Gasteiger partial charge in [-0.3, -0.25) is 19.1 Å². The molecule has 5 fully saturated rings. The lowest BCUT2D eigenvalue weighted by Gasteiger charge is -2.28. The first-order chi connectivity index (χ1) is 61.9. The lowest BCUT2D eigenvalue weighted by atomic mass is 9.98. The monoisotopic (exact) mass is 1820 g/mol. The van der Waals surface area contributed by atoms with Gasteiger partial charge in [0.2, 0.25) is 23.8 Å². The molecule has 0 saturated carbocycles. The molecule has 678 valence electrons. The van der Waals surface area contributed by atoms with Gasteiger partial charge in [-0.1, -0.05) is 88.9 Å². The van der Waals surface area contributed by atoms with Gasteiger partial charge in [-0.15, -0.1) is 0 Å². The van der Waals surface area contributed by atoms with E-state index < -0.39 is 17.8 Å². The van der Waals surface area contributed by atoms with Crippen molar-refractivity contribution in [1.29, 1.82) is 0 Å². The van der Waals surface area contributed by atoms with Crippen molar-refractivity contribution >= 4 is 120 Å². The number of carbonyl (C=O) groups is 1. The van der Waals surface area contributed by atoms with Crippen molar-refractivity contribution in [2.75, 3.05) is 85.0 Å². The molecular formula is C102H119Cl4F3N18O2. The average Bonchev–Trinajstić information content (AvgIpc) is 1.58. The zero-order chi connectivity index (χ0) is 91.1. The molecule has 3 N–H and O–H groups in total. The van der Waals surface area contributed by atoms with Crippen molar-refractivity contribution in [2.24, 2.45) is 19.8 Å². The van der Waals surface area contributed by atoms with E-state index in [0.29, 0.717) is 58.0 Å². The fraction of sp³-hybridized carbons (Fsp3) is 0.422. The second-order valence-corrected chi connectivity index (χ2v) is 38.1. The second-order valence-electron chi connectivity index (χ2n) is 36.4. The third-order valence-electron chi connectivity index (χ3n) is 26.6. The Bertz CT molecular complexity index is 6480. The lowest BCUT2D eigenvalue weighted by Crippen LogP contribution is -2.32. The predicted octanol–water partition coefficient (Wildman–Crippen LogP) is 23.2. The van der Waals surface area contributed by atoms with Crippen LogP contribution < -0.4 is 25.3 Å². The number of hydrogen-bond acceptors (Lipinski definition) is 13. The number of halogens is 7. The topological polar surface area (TPSA) is 186 Å². The summed E-state index contributed by atoms with van der Waals surface area (Å²) in [6, 6.07) is 34.1. The number of piperidine rings is 4. The van der Waals surface area contributed by atoms with Crippen LogP contribution in [0.25, 0.3) is 66.5 Å². The third kappa shape index (κ3) is 19.7. The molecule has 129 heavy (non-hydrogen) atoms. The van der Waals surface area contributed by atoms with Crippen molar-refractivity contribution in [3.63, 3.8) is 0 Å². The number of aryl methyl sites for hydroxylation is 11. The average molecular weight is 1830 g/mol. The number of benzene rings is 8. The number of nitrogens with two attached hydrogens (primary N) is 1. The van der Waals surface area contributed by atoms with E-state index in [1.54, 1.807) is 38.1 Å². The van der Waals surface area contributed by atoms with E-state index >= 15 is 0 Å². The summed E-state index contributed by atoms with van der Waals surface area (Å²) < 4.78 is 55.1. The largest absolute Gasteiger partial charge is 0.480 e. The number of imidazole rings is 4. The van der Waals surface area contributed by atoms with E-state index in [2.05, 4.69) is 132 Å². The quantitative estimate of drug-likeness (QED) is 0.0826. The van der Waals surface area contributed by atoms with Gasteiger partial charge in [0.05, 0.1) is 86.9 Å². The molecule has 0 aliphatic carbocycles. The van der Waals surface area contributed by atoms with E-state index in [9.17, 15) is 23.1 Å². The fourth-order valence-corrected chi connectivity index (χ4v) is 20.6. The van der Waals surface area contributed by atoms with E-state index in [4.69, 9.17) is 72.1 Å². The number of aliphatic carboxylic acids is 1. The van der Waals surface area contributed by atoms with Gasteiger partial charge in [-0.25, -0.2) is 33.1 Å². The van der Waals surface area contributed by atoms with Gasteiger partial charge in [0.15, 0.2) is 0 Å². The summed E-state index contributed by atoms with van der Waals surface area (Å²) in [6.45, 7) is 35.5. The first kappa shape index (κ1) is 91.9. The number of rotatable bonds is 18. The van der Waals surface area contributed by atoms with E-state index in [1.807, 2.05) is 86.1 Å². The highest BCUT2D eigenvalue weighted by molar-refractivity contribution is 6.32. The Morgan fingerprint density at radius 1 is 0.411 bits per heavy atom. The maximum absolute atomic E-state index is 14.3. The first-order valence-corrected chi connectivity index (χ1v) is 47.2. The van der Waals surface area contributed by atoms with Gasteiger partial charge in [0.1, 0.15) is 29.0 Å². The molecular weight excluding hydrogens is 1710 g/mol. The van der Waals surface area contributed by atoms with Crippen LogP contribution in [0.2, 0.25) is 20.1 Å². The highest BCUT2D eigenvalue weighted by atomic mass is 35.5. The van der Waals surface area contributed by atoms with Gasteiger partial charge in [0.25, 0.3) is 0 Å². The summed E-state index contributed by atoms with van der Waals surface area (Å²) in [7, 11) is 4.00. The maximum Gasteiger partial charge on any atom is 0.325 e. The standard InChI is InChI=1S/C27H32ClN5.C26H29ClFN5.C26H32ClFN4.C23H26ClFN4O2/c1-17-13-22(25-19(3)30-31(5)20(25)4)26-24(14-17)33(16-21-10-9-18(2)23(28)15-21)27(29-26)32-11-7-6-8-12-32;1-16-12-23-25(24(18(16)3)22-13-17(2)30-31(22)4)29-26(32-10-6-5-7-11-32)33(23)15-19-8-9-21(28)20(27)14-19;1-18-12-20(13-19(2)24(18)28)16-32-23-15-22(27)14-21(17-30-8-6-7-9-30)25(23)29-26(32)31-10-4-3-5-11-31;1-13-8-15(9-14(2)19(13)25)12-29-18-11-16(24)10-17(20(26)22(30)31)21(18)27-23(29)28-6-4-3-5-7-28/h9-10,13-15H,6-8,11-12,16H2,1-5H3;8-9,12-14H,5-7,10-11,15H2,1-4H3;12-15H,3-11,16-17H2,1-2H3;8-11,20H,3-7,12,26H2,1-2H3,(H,30,31). The van der Waals surface area contributed by atoms with Gasteiger partial charge >= 0.3 is 5.97 Å². The van der Waals surface area contributed by atoms with Gasteiger partial charge < -0.3 is 48.7 Å². The summed E-state index contributed by atoms with van der Waals surface area (Å²) in [5.74, 6) is 1.96. The predicted molar refractivity (Wildman–Crippen MR) is 521 cm³/mol. The number of fused-ring (bicyclic) bond motifs is 4. The van der Waals surface area contributed by atoms with Crippen molar-refractivity contribution < 1.29 is 23.1 Å². The Kier molecular flexibility index (Phi) is 28.0. The molecule has 0 spiro atoms. The highest BCUT2D eigenvalue weighted by Crippen LogP contribution is 2.42. The summed E-state index contributed by atoms with van der Waals surface area (Å²) in [6.07, 6.45) is 16.8. The zero-order valence-electron chi connectivity index (χ0n) is 76.7. The number of likely N-dealkylation sites (tertiary alicyclic amines) is 1. The van der Waals surface area contributed by atoms with Crippen LogP contribution in [-0.4, -0.2) is 139 Å². The van der Waals surface area contributed by atoms with Crippen molar-refractivity contribution in [3.05, 3.63) is 242 Å². The molecule has 6 aromatic heterocycles. The molecule has 8 aromatic carbocycles. The Morgan fingerprint density at radius 3 is 1.29 bits per heavy atom. The van der Waals surface area contributed by atoms with Crippen LogP contribution in [-0.2, 0) is 51.6 Å². The van der Waals surface area contributed by atoms with Crippen LogP contribution in [0.15, 0.2) is 109 Å². The Labute approximate surface area is 774 Å². The highest BCUT2D eigenvalue weighted by Gasteiger charge is 2.32.